The molecule has 2 unspecified atom stereocenters. The quantitative estimate of drug-likeness (QED) is 0.550. The third kappa shape index (κ3) is 4.35. The van der Waals surface area contributed by atoms with E-state index in [4.69, 9.17) is 4.42 Å². The van der Waals surface area contributed by atoms with Gasteiger partial charge in [-0.2, -0.15) is 4.31 Å². The van der Waals surface area contributed by atoms with Gasteiger partial charge in [0.25, 0.3) is 0 Å². The highest BCUT2D eigenvalue weighted by Crippen LogP contribution is 2.24. The first-order valence-corrected chi connectivity index (χ1v) is 12.7. The fourth-order valence-corrected chi connectivity index (χ4v) is 5.65. The molecular formula is C24H29N3O5S. The van der Waals surface area contributed by atoms with E-state index in [1.807, 2.05) is 12.1 Å². The predicted octanol–water partition coefficient (Wildman–Crippen LogP) is 3.20. The number of oxazole rings is 1. The van der Waals surface area contributed by atoms with Gasteiger partial charge in [-0.3, -0.25) is 9.36 Å². The minimum absolute atomic E-state index is 0.203. The molecule has 4 rings (SSSR count). The molecule has 8 nitrogen and oxygen atoms in total. The van der Waals surface area contributed by atoms with Crippen molar-refractivity contribution < 1.29 is 17.6 Å². The molecule has 1 aromatic heterocycles. The number of aromatic nitrogens is 1. The van der Waals surface area contributed by atoms with E-state index < -0.39 is 21.8 Å². The van der Waals surface area contributed by atoms with E-state index >= 15 is 0 Å². The third-order valence-electron chi connectivity index (χ3n) is 6.51. The van der Waals surface area contributed by atoms with Crippen molar-refractivity contribution in [1.82, 2.24) is 13.8 Å². The normalized spacial score (nSPS) is 17.2. The number of amides is 1. The Morgan fingerprint density at radius 3 is 2.27 bits per heavy atom. The Balaban J connectivity index is 1.45. The van der Waals surface area contributed by atoms with Crippen molar-refractivity contribution in [3.05, 3.63) is 64.6 Å². The van der Waals surface area contributed by atoms with E-state index in [2.05, 4.69) is 13.8 Å². The van der Waals surface area contributed by atoms with Gasteiger partial charge in [0.05, 0.1) is 10.4 Å². The van der Waals surface area contributed by atoms with Crippen LogP contribution >= 0.6 is 0 Å². The third-order valence-corrected chi connectivity index (χ3v) is 8.43. The first-order chi connectivity index (χ1) is 15.7. The molecule has 0 saturated carbocycles. The largest absolute Gasteiger partial charge is 0.420 e. The van der Waals surface area contributed by atoms with Crippen LogP contribution < -0.4 is 5.76 Å². The zero-order valence-corrected chi connectivity index (χ0v) is 19.9. The first-order valence-electron chi connectivity index (χ1n) is 11.2. The average molecular weight is 472 g/mol. The van der Waals surface area contributed by atoms with Crippen LogP contribution in [0.15, 0.2) is 62.6 Å². The number of hydrogen-bond donors (Lipinski definition) is 0. The van der Waals surface area contributed by atoms with E-state index in [0.717, 1.165) is 12.0 Å². The highest BCUT2D eigenvalue weighted by atomic mass is 32.2. The number of sulfonamides is 1. The molecule has 0 bridgehead atoms. The second kappa shape index (κ2) is 9.15. The topological polar surface area (TPSA) is 92.8 Å². The number of carbonyl (C=O) groups is 1. The second-order valence-corrected chi connectivity index (χ2v) is 10.4. The zero-order chi connectivity index (χ0) is 23.8. The molecule has 0 N–H and O–H groups in total. The number of para-hydroxylation sites is 2. The van der Waals surface area contributed by atoms with Crippen LogP contribution in [-0.4, -0.2) is 54.3 Å². The van der Waals surface area contributed by atoms with Crippen LogP contribution in [0.3, 0.4) is 0 Å². The number of benzene rings is 2. The van der Waals surface area contributed by atoms with Crippen molar-refractivity contribution in [2.75, 3.05) is 26.2 Å². The Bertz CT molecular complexity index is 1300. The minimum atomic E-state index is -3.63. The molecule has 0 radical (unpaired) electrons. The summed E-state index contributed by atoms with van der Waals surface area (Å²) in [6, 6.07) is 13.3. The van der Waals surface area contributed by atoms with Crippen LogP contribution in [-0.2, 0) is 14.8 Å². The number of rotatable bonds is 6. The molecule has 2 atom stereocenters. The maximum atomic E-state index is 13.1. The van der Waals surface area contributed by atoms with Gasteiger partial charge in [0.15, 0.2) is 5.58 Å². The lowest BCUT2D eigenvalue weighted by molar-refractivity contribution is -0.135. The van der Waals surface area contributed by atoms with E-state index in [1.165, 1.54) is 8.87 Å². The fourth-order valence-electron chi connectivity index (χ4n) is 4.23. The predicted molar refractivity (Wildman–Crippen MR) is 126 cm³/mol. The van der Waals surface area contributed by atoms with Crippen LogP contribution in [0.4, 0.5) is 0 Å². The summed E-state index contributed by atoms with van der Waals surface area (Å²) in [4.78, 5) is 27.3. The molecule has 0 aliphatic carbocycles. The van der Waals surface area contributed by atoms with E-state index in [0.29, 0.717) is 17.0 Å². The maximum absolute atomic E-state index is 13.1. The molecule has 9 heteroatoms. The monoisotopic (exact) mass is 471 g/mol. The van der Waals surface area contributed by atoms with E-state index in [1.54, 1.807) is 48.2 Å². The van der Waals surface area contributed by atoms with Crippen molar-refractivity contribution in [2.45, 2.75) is 44.0 Å². The lowest BCUT2D eigenvalue weighted by Crippen LogP contribution is -2.52. The Hall–Kier alpha value is -2.91. The molecule has 3 aromatic rings. The SMILES string of the molecule is CCC(C)c1ccc(S(=O)(=O)N2CCN(C(=O)C(C)n3c(=O)oc4ccccc43)CC2)cc1. The van der Waals surface area contributed by atoms with Gasteiger partial charge in [-0.15, -0.1) is 0 Å². The van der Waals surface area contributed by atoms with Crippen molar-refractivity contribution in [3.63, 3.8) is 0 Å². The molecule has 1 fully saturated rings. The van der Waals surface area contributed by atoms with Gasteiger partial charge >= 0.3 is 5.76 Å². The molecule has 2 aromatic carbocycles. The van der Waals surface area contributed by atoms with Crippen molar-refractivity contribution in [1.29, 1.82) is 0 Å². The van der Waals surface area contributed by atoms with Crippen LogP contribution in [0.2, 0.25) is 0 Å². The summed E-state index contributed by atoms with van der Waals surface area (Å²) in [6.45, 7) is 6.80. The molecule has 176 valence electrons. The number of piperazine rings is 1. The maximum Gasteiger partial charge on any atom is 0.420 e. The van der Waals surface area contributed by atoms with Crippen molar-refractivity contribution in [2.24, 2.45) is 0 Å². The summed E-state index contributed by atoms with van der Waals surface area (Å²) in [5, 5.41) is 0. The highest BCUT2D eigenvalue weighted by molar-refractivity contribution is 7.89. The molecule has 2 heterocycles. The lowest BCUT2D eigenvalue weighted by atomic mass is 9.99. The summed E-state index contributed by atoms with van der Waals surface area (Å²) in [7, 11) is -3.63. The van der Waals surface area contributed by atoms with E-state index in [9.17, 15) is 18.0 Å². The number of fused-ring (bicyclic) bond motifs is 1. The zero-order valence-electron chi connectivity index (χ0n) is 19.1. The molecule has 1 aliphatic heterocycles. The minimum Gasteiger partial charge on any atom is -0.408 e. The summed E-state index contributed by atoms with van der Waals surface area (Å²) < 4.78 is 34.2. The standard InChI is InChI=1S/C24H29N3O5S/c1-4-17(2)19-9-11-20(12-10-19)33(30,31)26-15-13-25(14-16-26)23(28)18(3)27-21-7-5-6-8-22(21)32-24(27)29/h5-12,17-18H,4,13-16H2,1-3H3. The van der Waals surface area contributed by atoms with Crippen LogP contribution in [0, 0.1) is 0 Å². The molecule has 1 saturated heterocycles. The Morgan fingerprint density at radius 2 is 1.64 bits per heavy atom. The Morgan fingerprint density at radius 1 is 1.00 bits per heavy atom. The van der Waals surface area contributed by atoms with Crippen molar-refractivity contribution >= 4 is 27.0 Å². The molecular weight excluding hydrogens is 442 g/mol. The fraction of sp³-hybridized carbons (Fsp3) is 0.417. The smallest absolute Gasteiger partial charge is 0.408 e. The van der Waals surface area contributed by atoms with Crippen LogP contribution in [0.1, 0.15) is 44.7 Å². The molecule has 1 amide bonds. The summed E-state index contributed by atoms with van der Waals surface area (Å²) in [6.07, 6.45) is 0.987. The number of hydrogen-bond acceptors (Lipinski definition) is 5. The first kappa shape index (κ1) is 23.3. The lowest BCUT2D eigenvalue weighted by Gasteiger charge is -2.35. The molecule has 33 heavy (non-hydrogen) atoms. The average Bonchev–Trinajstić information content (AvgIpc) is 3.18. The molecule has 1 aliphatic rings. The van der Waals surface area contributed by atoms with Crippen LogP contribution in [0.25, 0.3) is 11.1 Å². The van der Waals surface area contributed by atoms with Gasteiger partial charge < -0.3 is 9.32 Å². The summed E-state index contributed by atoms with van der Waals surface area (Å²) in [5.41, 5.74) is 2.10. The Kier molecular flexibility index (Phi) is 6.45. The van der Waals surface area contributed by atoms with Crippen LogP contribution in [0.5, 0.6) is 0 Å². The van der Waals surface area contributed by atoms with Gasteiger partial charge in [-0.1, -0.05) is 38.1 Å². The van der Waals surface area contributed by atoms with Crippen molar-refractivity contribution in [3.8, 4) is 0 Å². The summed E-state index contributed by atoms with van der Waals surface area (Å²) >= 11 is 0. The van der Waals surface area contributed by atoms with Gasteiger partial charge in [0.2, 0.25) is 15.9 Å². The molecule has 0 spiro atoms. The van der Waals surface area contributed by atoms with Gasteiger partial charge in [-0.05, 0) is 49.1 Å². The second-order valence-electron chi connectivity index (χ2n) is 8.49. The van der Waals surface area contributed by atoms with E-state index in [-0.39, 0.29) is 37.0 Å². The van der Waals surface area contributed by atoms with Gasteiger partial charge in [0, 0.05) is 26.2 Å². The highest BCUT2D eigenvalue weighted by Gasteiger charge is 2.33. The summed E-state index contributed by atoms with van der Waals surface area (Å²) in [5.74, 6) is -0.448. The Labute approximate surface area is 193 Å². The van der Waals surface area contributed by atoms with Gasteiger partial charge in [-0.25, -0.2) is 13.2 Å². The number of carbonyl (C=O) groups excluding carboxylic acids is 1. The number of nitrogens with zero attached hydrogens (tertiary/aromatic N) is 3. The van der Waals surface area contributed by atoms with Gasteiger partial charge in [0.1, 0.15) is 6.04 Å².